The molecule has 0 radical (unpaired) electrons. The summed E-state index contributed by atoms with van der Waals surface area (Å²) in [5.41, 5.74) is 4.78. The van der Waals surface area contributed by atoms with E-state index in [1.54, 1.807) is 6.07 Å². The van der Waals surface area contributed by atoms with Gasteiger partial charge in [0, 0.05) is 12.2 Å². The average Bonchev–Trinajstić information content (AvgIpc) is 2.47. The topological polar surface area (TPSA) is 58.2 Å². The van der Waals surface area contributed by atoms with Gasteiger partial charge in [-0.1, -0.05) is 47.5 Å². The summed E-state index contributed by atoms with van der Waals surface area (Å²) in [6.45, 7) is 6.19. The Hall–Kier alpha value is -2.62. The molecule has 0 aliphatic carbocycles. The fourth-order valence-corrected chi connectivity index (χ4v) is 2.22. The normalized spacial score (nSPS) is 10.1. The van der Waals surface area contributed by atoms with E-state index in [1.165, 1.54) is 0 Å². The molecule has 0 aromatic heterocycles. The lowest BCUT2D eigenvalue weighted by atomic mass is 10.1. The summed E-state index contributed by atoms with van der Waals surface area (Å²) >= 11 is 0. The number of aryl methyl sites for hydroxylation is 3. The smallest absolute Gasteiger partial charge is 0.313 e. The highest BCUT2D eigenvalue weighted by Gasteiger charge is 2.14. The van der Waals surface area contributed by atoms with Gasteiger partial charge in [-0.3, -0.25) is 9.59 Å². The van der Waals surface area contributed by atoms with Gasteiger partial charge < -0.3 is 10.6 Å². The number of hydrogen-bond acceptors (Lipinski definition) is 2. The van der Waals surface area contributed by atoms with E-state index in [0.717, 1.165) is 22.3 Å². The van der Waals surface area contributed by atoms with Gasteiger partial charge in [0.1, 0.15) is 0 Å². The third-order valence-electron chi connectivity index (χ3n) is 3.37. The fourth-order valence-electron chi connectivity index (χ4n) is 2.22. The minimum atomic E-state index is -0.653. The Kier molecular flexibility index (Phi) is 4.94. The molecule has 0 saturated heterocycles. The van der Waals surface area contributed by atoms with E-state index < -0.39 is 11.8 Å². The molecule has 2 N–H and O–H groups in total. The Morgan fingerprint density at radius 2 is 1.64 bits per heavy atom. The molecule has 0 fully saturated rings. The van der Waals surface area contributed by atoms with Gasteiger partial charge in [-0.05, 0) is 38.0 Å². The van der Waals surface area contributed by atoms with Crippen LogP contribution in [0.25, 0.3) is 0 Å². The van der Waals surface area contributed by atoms with E-state index in [0.29, 0.717) is 12.2 Å². The molecule has 0 bridgehead atoms. The van der Waals surface area contributed by atoms with E-state index in [9.17, 15) is 9.59 Å². The fraction of sp³-hybridized carbons (Fsp3) is 0.222. The van der Waals surface area contributed by atoms with Crippen LogP contribution in [0.5, 0.6) is 0 Å². The summed E-state index contributed by atoms with van der Waals surface area (Å²) in [5.74, 6) is -1.29. The van der Waals surface area contributed by atoms with Crippen molar-refractivity contribution in [3.63, 3.8) is 0 Å². The number of carbonyl (C=O) groups excluding carboxylic acids is 2. The third kappa shape index (κ3) is 4.19. The zero-order valence-electron chi connectivity index (χ0n) is 13.1. The van der Waals surface area contributed by atoms with E-state index in [2.05, 4.69) is 10.6 Å². The molecule has 0 heterocycles. The van der Waals surface area contributed by atoms with Crippen molar-refractivity contribution >= 4 is 17.5 Å². The highest BCUT2D eigenvalue weighted by Crippen LogP contribution is 2.15. The Bertz CT molecular complexity index is 708. The predicted octanol–water partition coefficient (Wildman–Crippen LogP) is 2.87. The van der Waals surface area contributed by atoms with Crippen molar-refractivity contribution in [2.75, 3.05) is 5.32 Å². The molecule has 22 heavy (non-hydrogen) atoms. The lowest BCUT2D eigenvalue weighted by Crippen LogP contribution is -2.35. The predicted molar refractivity (Wildman–Crippen MR) is 87.6 cm³/mol. The van der Waals surface area contributed by atoms with E-state index in [-0.39, 0.29) is 0 Å². The molecule has 0 unspecified atom stereocenters. The molecule has 114 valence electrons. The van der Waals surface area contributed by atoms with Crippen LogP contribution in [-0.2, 0) is 16.1 Å². The SMILES string of the molecule is Cc1cccc(CNC(=O)C(=O)Nc2ccc(C)cc2C)c1. The van der Waals surface area contributed by atoms with Crippen LogP contribution < -0.4 is 10.6 Å². The molecule has 0 atom stereocenters. The molecule has 0 spiro atoms. The average molecular weight is 296 g/mol. The van der Waals surface area contributed by atoms with Crippen molar-refractivity contribution in [1.82, 2.24) is 5.32 Å². The Balaban J connectivity index is 1.93. The van der Waals surface area contributed by atoms with E-state index >= 15 is 0 Å². The van der Waals surface area contributed by atoms with Crippen LogP contribution in [0.2, 0.25) is 0 Å². The second kappa shape index (κ2) is 6.89. The zero-order valence-corrected chi connectivity index (χ0v) is 13.1. The van der Waals surface area contributed by atoms with Gasteiger partial charge in [-0.2, -0.15) is 0 Å². The molecule has 2 amide bonds. The van der Waals surface area contributed by atoms with Crippen molar-refractivity contribution in [2.45, 2.75) is 27.3 Å². The molecule has 4 heteroatoms. The van der Waals surface area contributed by atoms with Crippen LogP contribution in [0, 0.1) is 20.8 Å². The number of carbonyl (C=O) groups is 2. The van der Waals surface area contributed by atoms with E-state index in [1.807, 2.05) is 57.2 Å². The highest BCUT2D eigenvalue weighted by atomic mass is 16.2. The zero-order chi connectivity index (χ0) is 16.1. The molecule has 2 aromatic carbocycles. The van der Waals surface area contributed by atoms with Gasteiger partial charge >= 0.3 is 11.8 Å². The monoisotopic (exact) mass is 296 g/mol. The maximum Gasteiger partial charge on any atom is 0.313 e. The second-order valence-corrected chi connectivity index (χ2v) is 5.44. The van der Waals surface area contributed by atoms with Crippen molar-refractivity contribution in [3.8, 4) is 0 Å². The Morgan fingerprint density at radius 3 is 2.32 bits per heavy atom. The summed E-state index contributed by atoms with van der Waals surface area (Å²) in [6, 6.07) is 13.5. The second-order valence-electron chi connectivity index (χ2n) is 5.44. The lowest BCUT2D eigenvalue weighted by molar-refractivity contribution is -0.136. The molecule has 4 nitrogen and oxygen atoms in total. The third-order valence-corrected chi connectivity index (χ3v) is 3.37. The Labute approximate surface area is 130 Å². The number of hydrogen-bond donors (Lipinski definition) is 2. The van der Waals surface area contributed by atoms with Gasteiger partial charge in [-0.15, -0.1) is 0 Å². The molecule has 2 rings (SSSR count). The van der Waals surface area contributed by atoms with Crippen molar-refractivity contribution in [2.24, 2.45) is 0 Å². The van der Waals surface area contributed by atoms with Crippen LogP contribution in [-0.4, -0.2) is 11.8 Å². The quantitative estimate of drug-likeness (QED) is 0.856. The number of amides is 2. The van der Waals surface area contributed by atoms with Crippen LogP contribution >= 0.6 is 0 Å². The molecular formula is C18H20N2O2. The number of benzene rings is 2. The van der Waals surface area contributed by atoms with Crippen LogP contribution in [0.4, 0.5) is 5.69 Å². The molecule has 2 aromatic rings. The maximum absolute atomic E-state index is 11.9. The number of rotatable bonds is 3. The number of nitrogens with one attached hydrogen (secondary N) is 2. The molecule has 0 aliphatic rings. The Morgan fingerprint density at radius 1 is 0.909 bits per heavy atom. The van der Waals surface area contributed by atoms with Gasteiger partial charge in [-0.25, -0.2) is 0 Å². The van der Waals surface area contributed by atoms with Crippen LogP contribution in [0.15, 0.2) is 42.5 Å². The minimum Gasteiger partial charge on any atom is -0.344 e. The summed E-state index contributed by atoms with van der Waals surface area (Å²) < 4.78 is 0. The summed E-state index contributed by atoms with van der Waals surface area (Å²) in [4.78, 5) is 23.8. The van der Waals surface area contributed by atoms with Crippen LogP contribution in [0.3, 0.4) is 0 Å². The first-order chi connectivity index (χ1) is 10.5. The lowest BCUT2D eigenvalue weighted by Gasteiger charge is -2.09. The van der Waals surface area contributed by atoms with Crippen molar-refractivity contribution in [3.05, 3.63) is 64.7 Å². The maximum atomic E-state index is 11.9. The van der Waals surface area contributed by atoms with Gasteiger partial charge in [0.2, 0.25) is 0 Å². The first kappa shape index (κ1) is 15.8. The highest BCUT2D eigenvalue weighted by molar-refractivity contribution is 6.39. The molecule has 0 saturated carbocycles. The van der Waals surface area contributed by atoms with Crippen molar-refractivity contribution < 1.29 is 9.59 Å². The van der Waals surface area contributed by atoms with Crippen molar-refractivity contribution in [1.29, 1.82) is 0 Å². The summed E-state index contributed by atoms with van der Waals surface area (Å²) in [7, 11) is 0. The van der Waals surface area contributed by atoms with Gasteiger partial charge in [0.15, 0.2) is 0 Å². The first-order valence-corrected chi connectivity index (χ1v) is 7.17. The first-order valence-electron chi connectivity index (χ1n) is 7.17. The summed E-state index contributed by atoms with van der Waals surface area (Å²) in [6.07, 6.45) is 0. The van der Waals surface area contributed by atoms with Gasteiger partial charge in [0.25, 0.3) is 0 Å². The number of anilines is 1. The standard InChI is InChI=1S/C18H20N2O2/c1-12-5-4-6-15(10-12)11-19-17(21)18(22)20-16-8-7-13(2)9-14(16)3/h4-10H,11H2,1-3H3,(H,19,21)(H,20,22). The van der Waals surface area contributed by atoms with E-state index in [4.69, 9.17) is 0 Å². The minimum absolute atomic E-state index is 0.334. The largest absolute Gasteiger partial charge is 0.344 e. The molecule has 0 aliphatic heterocycles. The molecular weight excluding hydrogens is 276 g/mol. The van der Waals surface area contributed by atoms with Crippen LogP contribution in [0.1, 0.15) is 22.3 Å². The van der Waals surface area contributed by atoms with Gasteiger partial charge in [0.05, 0.1) is 0 Å². The summed E-state index contributed by atoms with van der Waals surface area (Å²) in [5, 5.41) is 5.26.